The van der Waals surface area contributed by atoms with Gasteiger partial charge in [0.25, 0.3) is 0 Å². The summed E-state index contributed by atoms with van der Waals surface area (Å²) < 4.78 is 26.1. The van der Waals surface area contributed by atoms with Crippen LogP contribution in [0.2, 0.25) is 0 Å². The van der Waals surface area contributed by atoms with Crippen molar-refractivity contribution in [3.05, 3.63) is 35.4 Å². The standard InChI is InChI=1S/C11H15F2NS/c1-2-5-15-7-11(14)9-6-8(12)3-4-10(9)13/h3-4,6,11H,2,5,7,14H2,1H3. The van der Waals surface area contributed by atoms with Crippen LogP contribution in [0.5, 0.6) is 0 Å². The van der Waals surface area contributed by atoms with Crippen molar-refractivity contribution in [3.8, 4) is 0 Å². The molecular weight excluding hydrogens is 216 g/mol. The Hall–Kier alpha value is -0.610. The molecule has 0 aromatic heterocycles. The van der Waals surface area contributed by atoms with Gasteiger partial charge in [-0.25, -0.2) is 8.78 Å². The number of hydrogen-bond acceptors (Lipinski definition) is 2. The van der Waals surface area contributed by atoms with Gasteiger partial charge in [0.2, 0.25) is 0 Å². The Balaban J connectivity index is 2.64. The zero-order valence-corrected chi connectivity index (χ0v) is 9.49. The zero-order valence-electron chi connectivity index (χ0n) is 8.67. The molecule has 84 valence electrons. The summed E-state index contributed by atoms with van der Waals surface area (Å²) in [6, 6.07) is 2.96. The predicted molar refractivity (Wildman–Crippen MR) is 60.9 cm³/mol. The second kappa shape index (κ2) is 6.08. The SMILES string of the molecule is CCCSCC(N)c1cc(F)ccc1F. The monoisotopic (exact) mass is 231 g/mol. The molecule has 0 fully saturated rings. The van der Waals surface area contributed by atoms with Gasteiger partial charge in [-0.2, -0.15) is 11.8 Å². The lowest BCUT2D eigenvalue weighted by atomic mass is 10.1. The zero-order chi connectivity index (χ0) is 11.3. The Bertz CT molecular complexity index is 317. The molecule has 4 heteroatoms. The van der Waals surface area contributed by atoms with Crippen molar-refractivity contribution in [1.29, 1.82) is 0 Å². The van der Waals surface area contributed by atoms with Gasteiger partial charge < -0.3 is 5.73 Å². The fourth-order valence-corrected chi connectivity index (χ4v) is 2.13. The lowest BCUT2D eigenvalue weighted by Crippen LogP contribution is -2.15. The van der Waals surface area contributed by atoms with Crippen LogP contribution in [0.3, 0.4) is 0 Å². The quantitative estimate of drug-likeness (QED) is 0.788. The van der Waals surface area contributed by atoms with Crippen LogP contribution in [0.15, 0.2) is 18.2 Å². The topological polar surface area (TPSA) is 26.0 Å². The van der Waals surface area contributed by atoms with Crippen molar-refractivity contribution in [3.63, 3.8) is 0 Å². The molecule has 0 aliphatic rings. The number of nitrogens with two attached hydrogens (primary N) is 1. The van der Waals surface area contributed by atoms with Gasteiger partial charge in [-0.05, 0) is 30.4 Å². The van der Waals surface area contributed by atoms with Crippen molar-refractivity contribution in [1.82, 2.24) is 0 Å². The van der Waals surface area contributed by atoms with Crippen LogP contribution in [0.1, 0.15) is 24.9 Å². The van der Waals surface area contributed by atoms with E-state index in [-0.39, 0.29) is 5.56 Å². The molecule has 0 aliphatic carbocycles. The van der Waals surface area contributed by atoms with E-state index in [2.05, 4.69) is 6.92 Å². The normalized spacial score (nSPS) is 12.8. The first-order valence-electron chi connectivity index (χ1n) is 4.93. The summed E-state index contributed by atoms with van der Waals surface area (Å²) in [6.07, 6.45) is 1.06. The second-order valence-electron chi connectivity index (χ2n) is 3.35. The number of hydrogen-bond donors (Lipinski definition) is 1. The minimum absolute atomic E-state index is 0.263. The van der Waals surface area contributed by atoms with Gasteiger partial charge in [0.1, 0.15) is 11.6 Å². The summed E-state index contributed by atoms with van der Waals surface area (Å²) >= 11 is 1.66. The largest absolute Gasteiger partial charge is 0.323 e. The van der Waals surface area contributed by atoms with Crippen LogP contribution in [0, 0.1) is 11.6 Å². The van der Waals surface area contributed by atoms with Crippen LogP contribution in [-0.4, -0.2) is 11.5 Å². The molecule has 1 rings (SSSR count). The van der Waals surface area contributed by atoms with E-state index >= 15 is 0 Å². The van der Waals surface area contributed by atoms with E-state index < -0.39 is 17.7 Å². The highest BCUT2D eigenvalue weighted by molar-refractivity contribution is 7.99. The number of benzene rings is 1. The van der Waals surface area contributed by atoms with E-state index in [0.717, 1.165) is 24.3 Å². The maximum atomic E-state index is 13.3. The van der Waals surface area contributed by atoms with Crippen LogP contribution < -0.4 is 5.73 Å². The maximum absolute atomic E-state index is 13.3. The Kier molecular flexibility index (Phi) is 5.05. The first-order chi connectivity index (χ1) is 7.15. The Morgan fingerprint density at radius 3 is 2.80 bits per heavy atom. The van der Waals surface area contributed by atoms with Gasteiger partial charge in [0.05, 0.1) is 0 Å². The summed E-state index contributed by atoms with van der Waals surface area (Å²) in [6.45, 7) is 2.07. The molecule has 2 N–H and O–H groups in total. The number of thioether (sulfide) groups is 1. The minimum atomic E-state index is -0.442. The molecule has 0 saturated carbocycles. The molecule has 0 amide bonds. The Morgan fingerprint density at radius 2 is 2.13 bits per heavy atom. The highest BCUT2D eigenvalue weighted by Gasteiger charge is 2.12. The highest BCUT2D eigenvalue weighted by atomic mass is 32.2. The molecule has 1 nitrogen and oxygen atoms in total. The lowest BCUT2D eigenvalue weighted by molar-refractivity contribution is 0.573. The van der Waals surface area contributed by atoms with Gasteiger partial charge in [0, 0.05) is 17.4 Å². The smallest absolute Gasteiger partial charge is 0.128 e. The van der Waals surface area contributed by atoms with E-state index in [1.165, 1.54) is 6.07 Å². The van der Waals surface area contributed by atoms with Crippen molar-refractivity contribution in [2.75, 3.05) is 11.5 Å². The van der Waals surface area contributed by atoms with Crippen LogP contribution >= 0.6 is 11.8 Å². The molecule has 0 saturated heterocycles. The average molecular weight is 231 g/mol. The van der Waals surface area contributed by atoms with Gasteiger partial charge >= 0.3 is 0 Å². The molecule has 1 aromatic carbocycles. The number of halogens is 2. The Morgan fingerprint density at radius 1 is 1.40 bits per heavy atom. The third-order valence-electron chi connectivity index (χ3n) is 2.00. The average Bonchev–Trinajstić information content (AvgIpc) is 2.22. The molecule has 0 spiro atoms. The summed E-state index contributed by atoms with van der Waals surface area (Å²) in [5.74, 6) is 0.738. The molecule has 1 aromatic rings. The summed E-state index contributed by atoms with van der Waals surface area (Å²) in [5, 5.41) is 0. The first kappa shape index (κ1) is 12.5. The molecule has 0 bridgehead atoms. The van der Waals surface area contributed by atoms with E-state index in [1.54, 1.807) is 11.8 Å². The van der Waals surface area contributed by atoms with E-state index in [9.17, 15) is 8.78 Å². The van der Waals surface area contributed by atoms with Crippen molar-refractivity contribution >= 4 is 11.8 Å². The fraction of sp³-hybridized carbons (Fsp3) is 0.455. The van der Waals surface area contributed by atoms with Crippen molar-refractivity contribution in [2.24, 2.45) is 5.73 Å². The van der Waals surface area contributed by atoms with Crippen LogP contribution in [-0.2, 0) is 0 Å². The summed E-state index contributed by atoms with van der Waals surface area (Å²) in [4.78, 5) is 0. The highest BCUT2D eigenvalue weighted by Crippen LogP contribution is 2.20. The van der Waals surface area contributed by atoms with Crippen molar-refractivity contribution < 1.29 is 8.78 Å². The molecule has 0 heterocycles. The van der Waals surface area contributed by atoms with Crippen molar-refractivity contribution in [2.45, 2.75) is 19.4 Å². The van der Waals surface area contributed by atoms with Crippen LogP contribution in [0.25, 0.3) is 0 Å². The summed E-state index contributed by atoms with van der Waals surface area (Å²) in [7, 11) is 0. The van der Waals surface area contributed by atoms with Gasteiger partial charge in [-0.3, -0.25) is 0 Å². The van der Waals surface area contributed by atoms with Gasteiger partial charge in [0.15, 0.2) is 0 Å². The molecule has 1 unspecified atom stereocenters. The maximum Gasteiger partial charge on any atom is 0.128 e. The fourth-order valence-electron chi connectivity index (χ4n) is 1.24. The third-order valence-corrected chi connectivity index (χ3v) is 3.30. The predicted octanol–water partition coefficient (Wildman–Crippen LogP) is 3.11. The summed E-state index contributed by atoms with van der Waals surface area (Å²) in [5.41, 5.74) is 6.04. The van der Waals surface area contributed by atoms with Gasteiger partial charge in [-0.15, -0.1) is 0 Å². The lowest BCUT2D eigenvalue weighted by Gasteiger charge is -2.12. The second-order valence-corrected chi connectivity index (χ2v) is 4.50. The van der Waals surface area contributed by atoms with E-state index in [0.29, 0.717) is 5.75 Å². The Labute approximate surface area is 93.1 Å². The van der Waals surface area contributed by atoms with Gasteiger partial charge in [-0.1, -0.05) is 6.92 Å². The van der Waals surface area contributed by atoms with E-state index in [1.807, 2.05) is 0 Å². The molecule has 15 heavy (non-hydrogen) atoms. The first-order valence-corrected chi connectivity index (χ1v) is 6.09. The molecule has 0 aliphatic heterocycles. The molecule has 0 radical (unpaired) electrons. The molecule has 1 atom stereocenters. The van der Waals surface area contributed by atoms with E-state index in [4.69, 9.17) is 5.73 Å². The number of rotatable bonds is 5. The van der Waals surface area contributed by atoms with Crippen LogP contribution in [0.4, 0.5) is 8.78 Å². The minimum Gasteiger partial charge on any atom is -0.323 e. The molecular formula is C11H15F2NS. The third kappa shape index (κ3) is 3.80.